The first kappa shape index (κ1) is 17.1. The number of methoxy groups -OCH3 is 1. The van der Waals surface area contributed by atoms with Gasteiger partial charge in [-0.2, -0.15) is 0 Å². The molecular formula is C11H20O5. The number of aliphatic hydroxyl groups is 2. The average Bonchev–Trinajstić information content (AvgIpc) is 2.29. The minimum absolute atomic E-state index is 0.0263. The number of allylic oxidation sites excluding steroid dienone is 2. The van der Waals surface area contributed by atoms with Gasteiger partial charge in [0, 0.05) is 5.41 Å². The molecule has 5 heteroatoms. The molecule has 0 rings (SSSR count). The fourth-order valence-corrected chi connectivity index (χ4v) is 1.00. The van der Waals surface area contributed by atoms with Gasteiger partial charge in [-0.25, -0.2) is 4.79 Å². The van der Waals surface area contributed by atoms with E-state index in [9.17, 15) is 0 Å². The summed E-state index contributed by atoms with van der Waals surface area (Å²) in [6, 6.07) is 0. The van der Waals surface area contributed by atoms with Gasteiger partial charge in [0.05, 0.1) is 20.3 Å². The maximum atomic E-state index is 9.15. The van der Waals surface area contributed by atoms with Gasteiger partial charge in [-0.3, -0.25) is 0 Å². The molecule has 94 valence electrons. The molecular weight excluding hydrogens is 212 g/mol. The normalized spacial score (nSPS) is 9.69. The fourth-order valence-electron chi connectivity index (χ4n) is 1.00. The van der Waals surface area contributed by atoms with Crippen molar-refractivity contribution in [1.82, 2.24) is 0 Å². The van der Waals surface area contributed by atoms with Crippen molar-refractivity contribution < 1.29 is 24.9 Å². The number of hydrogen-bond donors (Lipinski definition) is 3. The Morgan fingerprint density at radius 3 is 1.69 bits per heavy atom. The standard InChI is InChI=1S/C9H16O2.C2H4O3/c1-3-5-9(7-10,8-11)6-4-2;1-5-2(3)4/h3-4,10-11H,1-2,5-8H2;1H3,(H,3,4). The highest BCUT2D eigenvalue weighted by atomic mass is 16.6. The molecule has 0 aromatic heterocycles. The molecule has 3 N–H and O–H groups in total. The second kappa shape index (κ2) is 10.2. The summed E-state index contributed by atoms with van der Waals surface area (Å²) in [6.45, 7) is 7.08. The van der Waals surface area contributed by atoms with E-state index in [0.717, 1.165) is 7.11 Å². The van der Waals surface area contributed by atoms with Crippen molar-refractivity contribution in [2.75, 3.05) is 20.3 Å². The lowest BCUT2D eigenvalue weighted by Crippen LogP contribution is -2.28. The molecule has 0 bridgehead atoms. The summed E-state index contributed by atoms with van der Waals surface area (Å²) in [5.74, 6) is 0. The Morgan fingerprint density at radius 2 is 1.56 bits per heavy atom. The van der Waals surface area contributed by atoms with Crippen LogP contribution < -0.4 is 0 Å². The molecule has 0 saturated carbocycles. The van der Waals surface area contributed by atoms with Crippen molar-refractivity contribution in [3.8, 4) is 0 Å². The van der Waals surface area contributed by atoms with Crippen LogP contribution in [0.2, 0.25) is 0 Å². The number of hydrogen-bond acceptors (Lipinski definition) is 4. The topological polar surface area (TPSA) is 87.0 Å². The largest absolute Gasteiger partial charge is 0.505 e. The van der Waals surface area contributed by atoms with Gasteiger partial charge in [0.1, 0.15) is 0 Å². The smallest absolute Gasteiger partial charge is 0.450 e. The third-order valence-corrected chi connectivity index (χ3v) is 2.00. The maximum Gasteiger partial charge on any atom is 0.505 e. The third-order valence-electron chi connectivity index (χ3n) is 2.00. The highest BCUT2D eigenvalue weighted by Crippen LogP contribution is 2.25. The van der Waals surface area contributed by atoms with Crippen LogP contribution in [0.5, 0.6) is 0 Å². The van der Waals surface area contributed by atoms with Crippen molar-refractivity contribution in [1.29, 1.82) is 0 Å². The zero-order valence-electron chi connectivity index (χ0n) is 9.56. The van der Waals surface area contributed by atoms with E-state index in [1.54, 1.807) is 12.2 Å². The van der Waals surface area contributed by atoms with Crippen molar-refractivity contribution in [3.63, 3.8) is 0 Å². The van der Waals surface area contributed by atoms with Crippen LogP contribution in [0.25, 0.3) is 0 Å². The molecule has 0 heterocycles. The lowest BCUT2D eigenvalue weighted by molar-refractivity contribution is 0.0594. The molecule has 0 aliphatic carbocycles. The average molecular weight is 232 g/mol. The van der Waals surface area contributed by atoms with E-state index in [0.29, 0.717) is 12.8 Å². The predicted molar refractivity (Wildman–Crippen MR) is 61.3 cm³/mol. The zero-order chi connectivity index (χ0) is 13.0. The highest BCUT2D eigenvalue weighted by molar-refractivity contribution is 5.56. The third kappa shape index (κ3) is 8.02. The molecule has 0 aromatic rings. The predicted octanol–water partition coefficient (Wildman–Crippen LogP) is 1.42. The molecule has 0 saturated heterocycles. The van der Waals surface area contributed by atoms with E-state index in [1.165, 1.54) is 0 Å². The van der Waals surface area contributed by atoms with Gasteiger partial charge in [-0.05, 0) is 12.8 Å². The Hall–Kier alpha value is -1.33. The highest BCUT2D eigenvalue weighted by Gasteiger charge is 2.25. The molecule has 0 aromatic carbocycles. The van der Waals surface area contributed by atoms with Gasteiger partial charge >= 0.3 is 6.16 Å². The molecule has 0 aliphatic rings. The Bertz CT molecular complexity index is 196. The molecule has 0 spiro atoms. The van der Waals surface area contributed by atoms with Crippen LogP contribution in [0.1, 0.15) is 12.8 Å². The lowest BCUT2D eigenvalue weighted by atomic mass is 9.83. The van der Waals surface area contributed by atoms with Gasteiger partial charge in [-0.1, -0.05) is 12.2 Å². The molecule has 0 radical (unpaired) electrons. The van der Waals surface area contributed by atoms with E-state index < -0.39 is 11.6 Å². The zero-order valence-corrected chi connectivity index (χ0v) is 9.56. The Morgan fingerprint density at radius 1 is 1.25 bits per heavy atom. The van der Waals surface area contributed by atoms with Gasteiger partial charge in [0.15, 0.2) is 0 Å². The van der Waals surface area contributed by atoms with Crippen molar-refractivity contribution in [2.24, 2.45) is 5.41 Å². The van der Waals surface area contributed by atoms with Crippen LogP contribution in [0.4, 0.5) is 4.79 Å². The van der Waals surface area contributed by atoms with E-state index in [2.05, 4.69) is 17.9 Å². The van der Waals surface area contributed by atoms with E-state index in [4.69, 9.17) is 20.1 Å². The van der Waals surface area contributed by atoms with Crippen molar-refractivity contribution in [3.05, 3.63) is 25.3 Å². The number of carboxylic acid groups (broad SMARTS) is 1. The van der Waals surface area contributed by atoms with E-state index in [1.807, 2.05) is 0 Å². The number of rotatable bonds is 6. The van der Waals surface area contributed by atoms with Crippen LogP contribution >= 0.6 is 0 Å². The van der Waals surface area contributed by atoms with Gasteiger partial charge in [0.25, 0.3) is 0 Å². The first-order chi connectivity index (χ1) is 7.51. The Balaban J connectivity index is 0. The molecule has 5 nitrogen and oxygen atoms in total. The van der Waals surface area contributed by atoms with E-state index >= 15 is 0 Å². The SMILES string of the molecule is C=CCC(CO)(CO)CC=C.COC(=O)O. The molecule has 0 aliphatic heterocycles. The maximum absolute atomic E-state index is 9.15. The first-order valence-electron chi connectivity index (χ1n) is 4.72. The quantitative estimate of drug-likeness (QED) is 0.476. The first-order valence-corrected chi connectivity index (χ1v) is 4.72. The van der Waals surface area contributed by atoms with Crippen molar-refractivity contribution in [2.45, 2.75) is 12.8 Å². The molecule has 16 heavy (non-hydrogen) atoms. The molecule has 0 unspecified atom stereocenters. The number of carbonyl (C=O) groups is 1. The Kier molecular flexibility index (Phi) is 10.9. The van der Waals surface area contributed by atoms with Crippen LogP contribution in [0.15, 0.2) is 25.3 Å². The summed E-state index contributed by atoms with van der Waals surface area (Å²) in [6.07, 6.45) is 3.40. The van der Waals surface area contributed by atoms with Gasteiger partial charge in [-0.15, -0.1) is 13.2 Å². The second-order valence-corrected chi connectivity index (χ2v) is 3.27. The Labute approximate surface area is 95.7 Å². The minimum atomic E-state index is -1.25. The van der Waals surface area contributed by atoms with Crippen LogP contribution in [-0.4, -0.2) is 41.8 Å². The van der Waals surface area contributed by atoms with Crippen LogP contribution in [0, 0.1) is 5.41 Å². The monoisotopic (exact) mass is 232 g/mol. The number of ether oxygens (including phenoxy) is 1. The van der Waals surface area contributed by atoms with Crippen LogP contribution in [0.3, 0.4) is 0 Å². The summed E-state index contributed by atoms with van der Waals surface area (Å²) in [7, 11) is 1.10. The van der Waals surface area contributed by atoms with Crippen LogP contribution in [-0.2, 0) is 4.74 Å². The fraction of sp³-hybridized carbons (Fsp3) is 0.545. The number of aliphatic hydroxyl groups excluding tert-OH is 2. The molecule has 0 atom stereocenters. The van der Waals surface area contributed by atoms with Crippen molar-refractivity contribution >= 4 is 6.16 Å². The molecule has 0 fully saturated rings. The summed E-state index contributed by atoms with van der Waals surface area (Å²) in [4.78, 5) is 9.15. The summed E-state index contributed by atoms with van der Waals surface area (Å²) < 4.78 is 3.67. The summed E-state index contributed by atoms with van der Waals surface area (Å²) in [5.41, 5.74) is -0.441. The summed E-state index contributed by atoms with van der Waals surface area (Å²) in [5, 5.41) is 25.5. The van der Waals surface area contributed by atoms with Gasteiger partial charge in [0.2, 0.25) is 0 Å². The lowest BCUT2D eigenvalue weighted by Gasteiger charge is -2.26. The summed E-state index contributed by atoms with van der Waals surface area (Å²) >= 11 is 0. The molecule has 0 amide bonds. The van der Waals surface area contributed by atoms with Gasteiger partial charge < -0.3 is 20.1 Å². The van der Waals surface area contributed by atoms with E-state index in [-0.39, 0.29) is 13.2 Å². The second-order valence-electron chi connectivity index (χ2n) is 3.27. The minimum Gasteiger partial charge on any atom is -0.450 e.